The van der Waals surface area contributed by atoms with Crippen LogP contribution in [0.3, 0.4) is 0 Å². The lowest BCUT2D eigenvalue weighted by Gasteiger charge is -2.34. The van der Waals surface area contributed by atoms with Crippen molar-refractivity contribution in [3.8, 4) is 0 Å². The third kappa shape index (κ3) is 5.00. The van der Waals surface area contributed by atoms with Crippen LogP contribution in [0.25, 0.3) is 10.9 Å². The van der Waals surface area contributed by atoms with E-state index < -0.39 is 0 Å². The predicted octanol–water partition coefficient (Wildman–Crippen LogP) is 3.61. The molecule has 0 aliphatic carbocycles. The molecule has 0 saturated carbocycles. The van der Waals surface area contributed by atoms with Crippen LogP contribution in [0.2, 0.25) is 0 Å². The molecular formula is C24H28N4O. The number of rotatable bonds is 5. The largest absolute Gasteiger partial charge is 0.325 e. The van der Waals surface area contributed by atoms with Gasteiger partial charge in [0.15, 0.2) is 0 Å². The Labute approximate surface area is 172 Å². The summed E-state index contributed by atoms with van der Waals surface area (Å²) in [5.74, 6) is 0.0641. The Morgan fingerprint density at radius 3 is 2.62 bits per heavy atom. The van der Waals surface area contributed by atoms with E-state index in [2.05, 4.69) is 50.4 Å². The first-order valence-corrected chi connectivity index (χ1v) is 10.2. The molecule has 29 heavy (non-hydrogen) atoms. The Bertz CT molecular complexity index is 1010. The summed E-state index contributed by atoms with van der Waals surface area (Å²) in [6.07, 6.45) is 1.83. The summed E-state index contributed by atoms with van der Waals surface area (Å²) in [6.45, 7) is 9.22. The molecule has 1 aromatic heterocycles. The number of benzene rings is 2. The highest BCUT2D eigenvalue weighted by molar-refractivity contribution is 5.93. The minimum absolute atomic E-state index is 0.0641. The molecule has 1 amide bonds. The fraction of sp³-hybridized carbons (Fsp3) is 0.333. The van der Waals surface area contributed by atoms with Crippen LogP contribution in [-0.4, -0.2) is 53.4 Å². The Kier molecular flexibility index (Phi) is 5.88. The number of pyridine rings is 1. The molecule has 150 valence electrons. The number of hydrogen-bond donors (Lipinski definition) is 1. The van der Waals surface area contributed by atoms with Gasteiger partial charge in [0, 0.05) is 50.0 Å². The normalized spacial score (nSPS) is 15.5. The third-order valence-electron chi connectivity index (χ3n) is 5.57. The van der Waals surface area contributed by atoms with Crippen LogP contribution < -0.4 is 5.32 Å². The molecule has 0 spiro atoms. The molecule has 1 aliphatic heterocycles. The van der Waals surface area contributed by atoms with E-state index in [9.17, 15) is 4.79 Å². The standard InChI is InChI=1S/C24H28N4O/c1-18-5-6-19(2)23(14-18)26-24(29)17-28-12-10-27(11-13-28)16-20-7-8-22-21(15-20)4-3-9-25-22/h3-9,14-15H,10-13,16-17H2,1-2H3,(H,26,29). The molecule has 5 nitrogen and oxygen atoms in total. The van der Waals surface area contributed by atoms with Crippen molar-refractivity contribution in [3.63, 3.8) is 0 Å². The second kappa shape index (κ2) is 8.72. The molecule has 3 aromatic rings. The van der Waals surface area contributed by atoms with Crippen molar-refractivity contribution < 1.29 is 4.79 Å². The fourth-order valence-corrected chi connectivity index (χ4v) is 3.85. The number of nitrogens with zero attached hydrogens (tertiary/aromatic N) is 3. The topological polar surface area (TPSA) is 48.5 Å². The van der Waals surface area contributed by atoms with Crippen LogP contribution in [0.15, 0.2) is 54.7 Å². The summed E-state index contributed by atoms with van der Waals surface area (Å²) >= 11 is 0. The zero-order valence-corrected chi connectivity index (χ0v) is 17.2. The zero-order valence-electron chi connectivity index (χ0n) is 17.2. The van der Waals surface area contributed by atoms with Crippen LogP contribution in [0, 0.1) is 13.8 Å². The lowest BCUT2D eigenvalue weighted by molar-refractivity contribution is -0.117. The summed E-state index contributed by atoms with van der Waals surface area (Å²) in [5.41, 5.74) is 5.52. The second-order valence-corrected chi connectivity index (χ2v) is 7.95. The lowest BCUT2D eigenvalue weighted by atomic mass is 10.1. The van der Waals surface area contributed by atoms with Crippen molar-refractivity contribution in [2.24, 2.45) is 0 Å². The minimum atomic E-state index is 0.0641. The summed E-state index contributed by atoms with van der Waals surface area (Å²) in [6, 6.07) is 16.7. The van der Waals surface area contributed by atoms with Gasteiger partial charge in [0.1, 0.15) is 0 Å². The number of carbonyl (C=O) groups excluding carboxylic acids is 1. The molecule has 1 saturated heterocycles. The Balaban J connectivity index is 1.27. The summed E-state index contributed by atoms with van der Waals surface area (Å²) in [7, 11) is 0. The summed E-state index contributed by atoms with van der Waals surface area (Å²) in [4.78, 5) is 21.5. The maximum absolute atomic E-state index is 12.5. The Morgan fingerprint density at radius 1 is 1.00 bits per heavy atom. The van der Waals surface area contributed by atoms with Gasteiger partial charge in [0.05, 0.1) is 12.1 Å². The number of piperazine rings is 1. The Hall–Kier alpha value is -2.76. The van der Waals surface area contributed by atoms with E-state index in [1.807, 2.05) is 38.2 Å². The van der Waals surface area contributed by atoms with Crippen LogP contribution in [0.5, 0.6) is 0 Å². The van der Waals surface area contributed by atoms with E-state index in [1.165, 1.54) is 10.9 Å². The molecule has 1 fully saturated rings. The first-order chi connectivity index (χ1) is 14.1. The number of hydrogen-bond acceptors (Lipinski definition) is 4. The van der Waals surface area contributed by atoms with E-state index in [0.29, 0.717) is 6.54 Å². The predicted molar refractivity (Wildman–Crippen MR) is 118 cm³/mol. The molecule has 0 atom stereocenters. The van der Waals surface area contributed by atoms with Gasteiger partial charge in [-0.05, 0) is 54.8 Å². The number of nitrogens with one attached hydrogen (secondary N) is 1. The highest BCUT2D eigenvalue weighted by atomic mass is 16.2. The van der Waals surface area contributed by atoms with Crippen molar-refractivity contribution in [2.45, 2.75) is 20.4 Å². The fourth-order valence-electron chi connectivity index (χ4n) is 3.85. The molecule has 5 heteroatoms. The third-order valence-corrected chi connectivity index (χ3v) is 5.57. The molecule has 1 N–H and O–H groups in total. The molecule has 1 aliphatic rings. The van der Waals surface area contributed by atoms with Gasteiger partial charge < -0.3 is 5.32 Å². The number of aryl methyl sites for hydroxylation is 2. The monoisotopic (exact) mass is 388 g/mol. The SMILES string of the molecule is Cc1ccc(C)c(NC(=O)CN2CCN(Cc3ccc4ncccc4c3)CC2)c1. The van der Waals surface area contributed by atoms with Gasteiger partial charge >= 0.3 is 0 Å². The van der Waals surface area contributed by atoms with Crippen LogP contribution in [0.4, 0.5) is 5.69 Å². The van der Waals surface area contributed by atoms with Gasteiger partial charge in [-0.1, -0.05) is 24.3 Å². The number of aromatic nitrogens is 1. The molecular weight excluding hydrogens is 360 g/mol. The quantitative estimate of drug-likeness (QED) is 0.725. The average molecular weight is 389 g/mol. The smallest absolute Gasteiger partial charge is 0.238 e. The molecule has 2 aromatic carbocycles. The number of fused-ring (bicyclic) bond motifs is 1. The summed E-state index contributed by atoms with van der Waals surface area (Å²) in [5, 5.41) is 4.25. The van der Waals surface area contributed by atoms with E-state index in [4.69, 9.17) is 0 Å². The zero-order chi connectivity index (χ0) is 20.2. The highest BCUT2D eigenvalue weighted by Crippen LogP contribution is 2.17. The molecule has 4 rings (SSSR count). The van der Waals surface area contributed by atoms with E-state index in [-0.39, 0.29) is 5.91 Å². The number of carbonyl (C=O) groups is 1. The first-order valence-electron chi connectivity index (χ1n) is 10.2. The van der Waals surface area contributed by atoms with Crippen LogP contribution >= 0.6 is 0 Å². The van der Waals surface area contributed by atoms with Gasteiger partial charge in [-0.15, -0.1) is 0 Å². The molecule has 0 bridgehead atoms. The van der Waals surface area contributed by atoms with Gasteiger partial charge in [0.25, 0.3) is 0 Å². The van der Waals surface area contributed by atoms with E-state index >= 15 is 0 Å². The van der Waals surface area contributed by atoms with Crippen molar-refractivity contribution >= 4 is 22.5 Å². The van der Waals surface area contributed by atoms with Crippen molar-refractivity contribution in [3.05, 3.63) is 71.4 Å². The summed E-state index contributed by atoms with van der Waals surface area (Å²) < 4.78 is 0. The van der Waals surface area contributed by atoms with Crippen molar-refractivity contribution in [1.29, 1.82) is 0 Å². The number of anilines is 1. The molecule has 0 radical (unpaired) electrons. The molecule has 2 heterocycles. The van der Waals surface area contributed by atoms with E-state index in [0.717, 1.165) is 55.1 Å². The van der Waals surface area contributed by atoms with E-state index in [1.54, 1.807) is 0 Å². The van der Waals surface area contributed by atoms with Gasteiger partial charge in [-0.25, -0.2) is 0 Å². The highest BCUT2D eigenvalue weighted by Gasteiger charge is 2.19. The lowest BCUT2D eigenvalue weighted by Crippen LogP contribution is -2.48. The maximum atomic E-state index is 12.5. The molecule has 0 unspecified atom stereocenters. The first kappa shape index (κ1) is 19.6. The van der Waals surface area contributed by atoms with Crippen LogP contribution in [0.1, 0.15) is 16.7 Å². The van der Waals surface area contributed by atoms with Crippen molar-refractivity contribution in [2.75, 3.05) is 38.0 Å². The second-order valence-electron chi connectivity index (χ2n) is 7.95. The van der Waals surface area contributed by atoms with Crippen molar-refractivity contribution in [1.82, 2.24) is 14.8 Å². The van der Waals surface area contributed by atoms with Gasteiger partial charge in [-0.3, -0.25) is 19.6 Å². The average Bonchev–Trinajstić information content (AvgIpc) is 2.72. The Morgan fingerprint density at radius 2 is 1.79 bits per heavy atom. The van der Waals surface area contributed by atoms with Gasteiger partial charge in [-0.2, -0.15) is 0 Å². The maximum Gasteiger partial charge on any atom is 0.238 e. The van der Waals surface area contributed by atoms with Gasteiger partial charge in [0.2, 0.25) is 5.91 Å². The van der Waals surface area contributed by atoms with Crippen LogP contribution in [-0.2, 0) is 11.3 Å². The number of amides is 1. The minimum Gasteiger partial charge on any atom is -0.325 e.